The zero-order valence-electron chi connectivity index (χ0n) is 12.7. The van der Waals surface area contributed by atoms with Crippen LogP contribution in [0.1, 0.15) is 32.1 Å². The maximum absolute atomic E-state index is 11.8. The summed E-state index contributed by atoms with van der Waals surface area (Å²) in [6, 6.07) is 4.05. The molecule has 7 nitrogen and oxygen atoms in total. The highest BCUT2D eigenvalue weighted by Gasteiger charge is 2.27. The normalized spacial score (nSPS) is 15.2. The van der Waals surface area contributed by atoms with Crippen LogP contribution in [0.5, 0.6) is 0 Å². The van der Waals surface area contributed by atoms with E-state index in [4.69, 9.17) is 9.26 Å². The molecule has 2 aromatic heterocycles. The van der Waals surface area contributed by atoms with Gasteiger partial charge in [0, 0.05) is 12.5 Å². The van der Waals surface area contributed by atoms with E-state index in [-0.39, 0.29) is 24.8 Å². The number of rotatable bonds is 7. The fourth-order valence-electron chi connectivity index (χ4n) is 1.93. The van der Waals surface area contributed by atoms with E-state index in [1.807, 2.05) is 17.5 Å². The van der Waals surface area contributed by atoms with Crippen molar-refractivity contribution in [1.29, 1.82) is 0 Å². The van der Waals surface area contributed by atoms with E-state index in [0.29, 0.717) is 11.7 Å². The molecule has 8 heteroatoms. The summed E-state index contributed by atoms with van der Waals surface area (Å²) in [7, 11) is 0. The molecule has 23 heavy (non-hydrogen) atoms. The molecule has 1 N–H and O–H groups in total. The van der Waals surface area contributed by atoms with E-state index >= 15 is 0 Å². The van der Waals surface area contributed by atoms with Crippen LogP contribution in [-0.4, -0.2) is 34.2 Å². The van der Waals surface area contributed by atoms with E-state index in [1.54, 1.807) is 6.92 Å². The van der Waals surface area contributed by atoms with Crippen LogP contribution in [0.25, 0.3) is 10.7 Å². The summed E-state index contributed by atoms with van der Waals surface area (Å²) >= 11 is 1.51. The van der Waals surface area contributed by atoms with Crippen molar-refractivity contribution in [3.63, 3.8) is 0 Å². The number of aryl methyl sites for hydroxylation is 1. The second kappa shape index (κ2) is 6.91. The average molecular weight is 335 g/mol. The SMILES string of the molecule is C[C@@H](OC(=O)CCc1nc(-c2cccs2)no1)C(=O)NC1CC1. The van der Waals surface area contributed by atoms with Crippen LogP contribution in [0.2, 0.25) is 0 Å². The first-order chi connectivity index (χ1) is 11.1. The van der Waals surface area contributed by atoms with Gasteiger partial charge in [-0.25, -0.2) is 0 Å². The van der Waals surface area contributed by atoms with Gasteiger partial charge in [-0.1, -0.05) is 11.2 Å². The topological polar surface area (TPSA) is 94.3 Å². The molecule has 1 atom stereocenters. The molecule has 1 amide bonds. The molecular formula is C15H17N3O4S. The quantitative estimate of drug-likeness (QED) is 0.777. The summed E-state index contributed by atoms with van der Waals surface area (Å²) in [4.78, 5) is 28.6. The fraction of sp³-hybridized carbons (Fsp3) is 0.467. The molecule has 0 aliphatic heterocycles. The zero-order valence-corrected chi connectivity index (χ0v) is 13.5. The van der Waals surface area contributed by atoms with Gasteiger partial charge in [0.25, 0.3) is 5.91 Å². The van der Waals surface area contributed by atoms with Crippen LogP contribution >= 0.6 is 11.3 Å². The van der Waals surface area contributed by atoms with E-state index in [0.717, 1.165) is 17.7 Å². The zero-order chi connectivity index (χ0) is 16.2. The second-order valence-corrected chi connectivity index (χ2v) is 6.35. The number of thiophene rings is 1. The Balaban J connectivity index is 1.44. The van der Waals surface area contributed by atoms with Gasteiger partial charge in [-0.2, -0.15) is 4.98 Å². The smallest absolute Gasteiger partial charge is 0.307 e. The van der Waals surface area contributed by atoms with Crippen molar-refractivity contribution in [3.05, 3.63) is 23.4 Å². The minimum Gasteiger partial charge on any atom is -0.453 e. The van der Waals surface area contributed by atoms with Crippen LogP contribution < -0.4 is 5.32 Å². The fourth-order valence-corrected chi connectivity index (χ4v) is 2.58. The summed E-state index contributed by atoms with van der Waals surface area (Å²) in [6.07, 6.45) is 1.58. The third-order valence-electron chi connectivity index (χ3n) is 3.35. The second-order valence-electron chi connectivity index (χ2n) is 5.40. The molecule has 1 fully saturated rings. The molecule has 0 radical (unpaired) electrons. The highest BCUT2D eigenvalue weighted by molar-refractivity contribution is 7.13. The Kier molecular flexibility index (Phi) is 4.71. The third kappa shape index (κ3) is 4.38. The van der Waals surface area contributed by atoms with Crippen molar-refractivity contribution in [2.45, 2.75) is 44.8 Å². The van der Waals surface area contributed by atoms with Gasteiger partial charge < -0.3 is 14.6 Å². The van der Waals surface area contributed by atoms with Gasteiger partial charge in [-0.05, 0) is 31.2 Å². The van der Waals surface area contributed by atoms with Crippen molar-refractivity contribution in [2.24, 2.45) is 0 Å². The lowest BCUT2D eigenvalue weighted by Gasteiger charge is -2.12. The molecule has 122 valence electrons. The van der Waals surface area contributed by atoms with Crippen molar-refractivity contribution >= 4 is 23.2 Å². The first-order valence-electron chi connectivity index (χ1n) is 7.48. The van der Waals surface area contributed by atoms with Crippen LogP contribution in [-0.2, 0) is 20.7 Å². The van der Waals surface area contributed by atoms with Crippen LogP contribution in [0.15, 0.2) is 22.0 Å². The number of ether oxygens (including phenoxy) is 1. The predicted molar refractivity (Wildman–Crippen MR) is 82.7 cm³/mol. The summed E-state index contributed by atoms with van der Waals surface area (Å²) in [6.45, 7) is 1.57. The first-order valence-corrected chi connectivity index (χ1v) is 8.36. The van der Waals surface area contributed by atoms with Gasteiger partial charge in [0.2, 0.25) is 11.7 Å². The lowest BCUT2D eigenvalue weighted by atomic mass is 10.3. The molecule has 3 rings (SSSR count). The number of aromatic nitrogens is 2. The van der Waals surface area contributed by atoms with Gasteiger partial charge in [-0.3, -0.25) is 9.59 Å². The highest BCUT2D eigenvalue weighted by Crippen LogP contribution is 2.21. The lowest BCUT2D eigenvalue weighted by Crippen LogP contribution is -2.37. The molecule has 0 aromatic carbocycles. The number of carbonyl (C=O) groups excluding carboxylic acids is 2. The number of carbonyl (C=O) groups is 2. The molecule has 0 spiro atoms. The number of hydrogen-bond acceptors (Lipinski definition) is 7. The van der Waals surface area contributed by atoms with Gasteiger partial charge in [0.15, 0.2) is 6.10 Å². The Hall–Kier alpha value is -2.22. The van der Waals surface area contributed by atoms with Crippen molar-refractivity contribution in [1.82, 2.24) is 15.5 Å². The number of hydrogen-bond donors (Lipinski definition) is 1. The number of amides is 1. The van der Waals surface area contributed by atoms with Crippen LogP contribution in [0.3, 0.4) is 0 Å². The Labute approximate surface area is 137 Å². The minimum absolute atomic E-state index is 0.0904. The Morgan fingerprint density at radius 3 is 3.04 bits per heavy atom. The Bertz CT molecular complexity index is 679. The largest absolute Gasteiger partial charge is 0.453 e. The van der Waals surface area contributed by atoms with Crippen molar-refractivity contribution in [3.8, 4) is 10.7 Å². The van der Waals surface area contributed by atoms with E-state index in [2.05, 4.69) is 15.5 Å². The number of nitrogens with one attached hydrogen (secondary N) is 1. The third-order valence-corrected chi connectivity index (χ3v) is 4.22. The van der Waals surface area contributed by atoms with Gasteiger partial charge in [-0.15, -0.1) is 11.3 Å². The molecule has 0 saturated heterocycles. The average Bonchev–Trinajstić information content (AvgIpc) is 3.03. The molecular weight excluding hydrogens is 318 g/mol. The standard InChI is InChI=1S/C15H17N3O4S/c1-9(15(20)16-10-4-5-10)21-13(19)7-6-12-17-14(18-22-12)11-3-2-8-23-11/h2-3,8-10H,4-7H2,1H3,(H,16,20)/t9-/m1/s1. The molecule has 2 aromatic rings. The predicted octanol–water partition coefficient (Wildman–Crippen LogP) is 1.94. The molecule has 1 saturated carbocycles. The van der Waals surface area contributed by atoms with Gasteiger partial charge in [0.05, 0.1) is 11.3 Å². The maximum Gasteiger partial charge on any atom is 0.307 e. The van der Waals surface area contributed by atoms with E-state index in [1.165, 1.54) is 11.3 Å². The number of esters is 1. The van der Waals surface area contributed by atoms with E-state index in [9.17, 15) is 9.59 Å². The van der Waals surface area contributed by atoms with Crippen molar-refractivity contribution < 1.29 is 18.8 Å². The van der Waals surface area contributed by atoms with Gasteiger partial charge in [0.1, 0.15) is 0 Å². The summed E-state index contributed by atoms with van der Waals surface area (Å²) in [5.74, 6) is 0.180. The highest BCUT2D eigenvalue weighted by atomic mass is 32.1. The van der Waals surface area contributed by atoms with Crippen molar-refractivity contribution in [2.75, 3.05) is 0 Å². The molecule has 0 bridgehead atoms. The molecule has 1 aliphatic rings. The molecule has 1 aliphatic carbocycles. The monoisotopic (exact) mass is 335 g/mol. The van der Waals surface area contributed by atoms with E-state index < -0.39 is 12.1 Å². The molecule has 0 unspecified atom stereocenters. The lowest BCUT2D eigenvalue weighted by molar-refractivity contribution is -0.154. The number of nitrogens with zero attached hydrogens (tertiary/aromatic N) is 2. The summed E-state index contributed by atoms with van der Waals surface area (Å²) in [5, 5.41) is 8.60. The molecule has 2 heterocycles. The van der Waals surface area contributed by atoms with Crippen LogP contribution in [0, 0.1) is 0 Å². The minimum atomic E-state index is -0.785. The Morgan fingerprint density at radius 2 is 2.35 bits per heavy atom. The van der Waals surface area contributed by atoms with Crippen LogP contribution in [0.4, 0.5) is 0 Å². The summed E-state index contributed by atoms with van der Waals surface area (Å²) < 4.78 is 10.2. The van der Waals surface area contributed by atoms with Gasteiger partial charge >= 0.3 is 5.97 Å². The summed E-state index contributed by atoms with van der Waals surface area (Å²) in [5.41, 5.74) is 0. The Morgan fingerprint density at radius 1 is 1.52 bits per heavy atom. The first kappa shape index (κ1) is 15.7. The maximum atomic E-state index is 11.8.